The van der Waals surface area contributed by atoms with E-state index < -0.39 is 5.97 Å². The lowest BCUT2D eigenvalue weighted by Crippen LogP contribution is -2.06. The average molecular weight is 388 g/mol. The minimum absolute atomic E-state index is 0.0482. The molecule has 0 aliphatic carbocycles. The van der Waals surface area contributed by atoms with Gasteiger partial charge in [0, 0.05) is 12.1 Å². The van der Waals surface area contributed by atoms with E-state index in [1.165, 1.54) is 11.6 Å². The number of hydrogen-bond donors (Lipinski definition) is 0. The predicted molar refractivity (Wildman–Crippen MR) is 94.6 cm³/mol. The molecule has 11 heteroatoms. The first-order chi connectivity index (χ1) is 13.1. The predicted octanol–water partition coefficient (Wildman–Crippen LogP) is 1.37. The van der Waals surface area contributed by atoms with Gasteiger partial charge in [-0.2, -0.15) is 14.6 Å². The Balaban J connectivity index is 1.99. The number of aromatic nitrogens is 7. The van der Waals surface area contributed by atoms with Crippen LogP contribution in [0.25, 0.3) is 22.6 Å². The number of fused-ring (bicyclic) bond motifs is 3. The molecule has 0 saturated heterocycles. The van der Waals surface area contributed by atoms with E-state index in [-0.39, 0.29) is 13.0 Å². The summed E-state index contributed by atoms with van der Waals surface area (Å²) in [7, 11) is 2.87. The van der Waals surface area contributed by atoms with Crippen LogP contribution in [0.1, 0.15) is 11.5 Å². The summed E-state index contributed by atoms with van der Waals surface area (Å²) in [4.78, 5) is 16.1. The first-order valence-electron chi connectivity index (χ1n) is 7.92. The smallest absolute Gasteiger partial charge is 0.311 e. The molecule has 0 saturated carbocycles. The SMILES string of the molecule is COCc1nc2nnc3c(CC(=O)OC)nn(-c4ccc(Cl)cc4)c3n2n1. The van der Waals surface area contributed by atoms with Crippen LogP contribution in [-0.4, -0.2) is 54.8 Å². The van der Waals surface area contributed by atoms with Crippen molar-refractivity contribution in [3.63, 3.8) is 0 Å². The molecule has 0 bridgehead atoms. The minimum atomic E-state index is -0.432. The third-order valence-corrected chi connectivity index (χ3v) is 4.12. The van der Waals surface area contributed by atoms with Crippen molar-refractivity contribution in [3.8, 4) is 5.69 Å². The molecule has 0 N–H and O–H groups in total. The molecule has 0 aliphatic rings. The quantitative estimate of drug-likeness (QED) is 0.472. The molecule has 0 fully saturated rings. The van der Waals surface area contributed by atoms with Crippen LogP contribution in [0.15, 0.2) is 24.3 Å². The monoisotopic (exact) mass is 387 g/mol. The van der Waals surface area contributed by atoms with Crippen molar-refractivity contribution in [1.29, 1.82) is 0 Å². The highest BCUT2D eigenvalue weighted by Crippen LogP contribution is 2.22. The highest BCUT2D eigenvalue weighted by atomic mass is 35.5. The third-order valence-electron chi connectivity index (χ3n) is 3.86. The van der Waals surface area contributed by atoms with Gasteiger partial charge in [0.25, 0.3) is 5.78 Å². The van der Waals surface area contributed by atoms with Gasteiger partial charge in [-0.05, 0) is 24.3 Å². The number of methoxy groups -OCH3 is 2. The van der Waals surface area contributed by atoms with Gasteiger partial charge >= 0.3 is 5.97 Å². The summed E-state index contributed by atoms with van der Waals surface area (Å²) in [6.07, 6.45) is -0.0482. The summed E-state index contributed by atoms with van der Waals surface area (Å²) in [6, 6.07) is 7.09. The van der Waals surface area contributed by atoms with Crippen LogP contribution in [0.4, 0.5) is 0 Å². The summed E-state index contributed by atoms with van der Waals surface area (Å²) in [5.74, 6) is 0.324. The zero-order valence-electron chi connectivity index (χ0n) is 14.5. The molecule has 0 radical (unpaired) electrons. The Hall–Kier alpha value is -3.11. The normalized spacial score (nSPS) is 11.4. The third kappa shape index (κ3) is 3.09. The fraction of sp³-hybridized carbons (Fsp3) is 0.250. The lowest BCUT2D eigenvalue weighted by Gasteiger charge is -2.03. The number of carbonyl (C=O) groups excluding carboxylic acids is 1. The lowest BCUT2D eigenvalue weighted by molar-refractivity contribution is -0.139. The number of benzene rings is 1. The van der Waals surface area contributed by atoms with E-state index in [2.05, 4.69) is 25.4 Å². The zero-order chi connectivity index (χ0) is 19.0. The summed E-state index contributed by atoms with van der Waals surface area (Å²) in [6.45, 7) is 0.231. The Labute approximate surface area is 157 Å². The van der Waals surface area contributed by atoms with Gasteiger partial charge in [-0.25, -0.2) is 4.68 Å². The maximum absolute atomic E-state index is 11.8. The van der Waals surface area contributed by atoms with Gasteiger partial charge in [-0.3, -0.25) is 4.79 Å². The Morgan fingerprint density at radius 1 is 1.15 bits per heavy atom. The Morgan fingerprint density at radius 2 is 1.93 bits per heavy atom. The Morgan fingerprint density at radius 3 is 2.63 bits per heavy atom. The van der Waals surface area contributed by atoms with Crippen LogP contribution in [0.3, 0.4) is 0 Å². The van der Waals surface area contributed by atoms with Crippen LogP contribution in [0, 0.1) is 0 Å². The van der Waals surface area contributed by atoms with Crippen molar-refractivity contribution in [2.75, 3.05) is 14.2 Å². The zero-order valence-corrected chi connectivity index (χ0v) is 15.2. The van der Waals surface area contributed by atoms with Crippen molar-refractivity contribution in [2.45, 2.75) is 13.0 Å². The maximum atomic E-state index is 11.8. The van der Waals surface area contributed by atoms with Gasteiger partial charge in [0.2, 0.25) is 0 Å². The fourth-order valence-electron chi connectivity index (χ4n) is 2.66. The van der Waals surface area contributed by atoms with Gasteiger partial charge < -0.3 is 9.47 Å². The van der Waals surface area contributed by atoms with E-state index >= 15 is 0 Å². The number of hydrogen-bond acceptors (Lipinski definition) is 8. The second-order valence-electron chi connectivity index (χ2n) is 5.63. The molecular formula is C16H14ClN7O3. The molecular weight excluding hydrogens is 374 g/mol. The highest BCUT2D eigenvalue weighted by Gasteiger charge is 2.21. The van der Waals surface area contributed by atoms with E-state index in [1.807, 2.05) is 0 Å². The lowest BCUT2D eigenvalue weighted by atomic mass is 10.3. The number of nitrogens with zero attached hydrogens (tertiary/aromatic N) is 7. The van der Waals surface area contributed by atoms with E-state index in [0.29, 0.717) is 33.5 Å². The van der Waals surface area contributed by atoms with Gasteiger partial charge in [-0.1, -0.05) is 11.6 Å². The van der Waals surface area contributed by atoms with Crippen LogP contribution >= 0.6 is 11.6 Å². The maximum Gasteiger partial charge on any atom is 0.311 e. The molecule has 0 unspecified atom stereocenters. The van der Waals surface area contributed by atoms with Crippen molar-refractivity contribution >= 4 is 34.5 Å². The van der Waals surface area contributed by atoms with Crippen LogP contribution in [0.2, 0.25) is 5.02 Å². The number of esters is 1. The van der Waals surface area contributed by atoms with Gasteiger partial charge in [0.15, 0.2) is 17.0 Å². The van der Waals surface area contributed by atoms with Crippen molar-refractivity contribution in [1.82, 2.24) is 34.6 Å². The molecule has 3 aromatic heterocycles. The molecule has 0 atom stereocenters. The molecule has 0 amide bonds. The van der Waals surface area contributed by atoms with E-state index in [4.69, 9.17) is 21.1 Å². The second-order valence-corrected chi connectivity index (χ2v) is 6.07. The van der Waals surface area contributed by atoms with E-state index in [0.717, 1.165) is 5.69 Å². The molecule has 4 aromatic rings. The van der Waals surface area contributed by atoms with Crippen LogP contribution in [-0.2, 0) is 27.3 Å². The average Bonchev–Trinajstić information content (AvgIpc) is 3.23. The molecule has 27 heavy (non-hydrogen) atoms. The molecule has 10 nitrogen and oxygen atoms in total. The highest BCUT2D eigenvalue weighted by molar-refractivity contribution is 6.30. The summed E-state index contributed by atoms with van der Waals surface area (Å²) in [5, 5.41) is 17.8. The minimum Gasteiger partial charge on any atom is -0.469 e. The molecule has 138 valence electrons. The first-order valence-corrected chi connectivity index (χ1v) is 8.30. The second kappa shape index (κ2) is 6.89. The first kappa shape index (κ1) is 17.3. The van der Waals surface area contributed by atoms with Crippen molar-refractivity contribution in [3.05, 3.63) is 40.8 Å². The van der Waals surface area contributed by atoms with Crippen molar-refractivity contribution in [2.24, 2.45) is 0 Å². The topological polar surface area (TPSA) is 109 Å². The Bertz CT molecular complexity index is 1140. The molecule has 4 rings (SSSR count). The number of carbonyl (C=O) groups is 1. The van der Waals surface area contributed by atoms with Gasteiger partial charge in [0.05, 0.1) is 19.2 Å². The molecule has 1 aromatic carbocycles. The summed E-state index contributed by atoms with van der Waals surface area (Å²) < 4.78 is 13.0. The standard InChI is InChI=1S/C16H14ClN7O3/c1-26-8-12-18-16-20-19-14-11(7-13(25)27-2)21-23(15(14)24(16)22-12)10-5-3-9(17)4-6-10/h3-6H,7-8H2,1-2H3. The Kier molecular flexibility index (Phi) is 4.42. The summed E-state index contributed by atoms with van der Waals surface area (Å²) in [5.41, 5.74) is 2.09. The molecule has 0 spiro atoms. The van der Waals surface area contributed by atoms with E-state index in [1.54, 1.807) is 36.1 Å². The van der Waals surface area contributed by atoms with Crippen LogP contribution < -0.4 is 0 Å². The van der Waals surface area contributed by atoms with E-state index in [9.17, 15) is 4.79 Å². The van der Waals surface area contributed by atoms with Gasteiger partial charge in [0.1, 0.15) is 12.3 Å². The van der Waals surface area contributed by atoms with Gasteiger partial charge in [-0.15, -0.1) is 15.3 Å². The number of halogens is 1. The molecule has 3 heterocycles. The van der Waals surface area contributed by atoms with Crippen molar-refractivity contribution < 1.29 is 14.3 Å². The number of ether oxygens (including phenoxy) is 2. The summed E-state index contributed by atoms with van der Waals surface area (Å²) >= 11 is 5.99. The number of rotatable bonds is 5. The van der Waals surface area contributed by atoms with Crippen LogP contribution in [0.5, 0.6) is 0 Å². The molecule has 0 aliphatic heterocycles. The fourth-order valence-corrected chi connectivity index (χ4v) is 2.79. The largest absolute Gasteiger partial charge is 0.469 e.